The number of pyridine rings is 1. The van der Waals surface area contributed by atoms with E-state index in [0.29, 0.717) is 10.0 Å². The van der Waals surface area contributed by atoms with Crippen LogP contribution in [0, 0.1) is 11.6 Å². The van der Waals surface area contributed by atoms with E-state index < -0.39 is 28.6 Å². The topological polar surface area (TPSA) is 59.3 Å². The van der Waals surface area contributed by atoms with Crippen molar-refractivity contribution in [2.45, 2.75) is 19.9 Å². The Balaban J connectivity index is 2.39. The Hall–Kier alpha value is -2.54. The van der Waals surface area contributed by atoms with Gasteiger partial charge in [0, 0.05) is 15.7 Å². The number of carboxylic acid groups (broad SMARTS) is 1. The SMILES string of the molecule is CCc1c(C(=O)O)c(=O)c2c(F)cccc2n1Cc1ccc(Br)cc1F. The molecule has 0 saturated carbocycles. The molecule has 0 atom stereocenters. The molecule has 0 radical (unpaired) electrons. The largest absolute Gasteiger partial charge is 0.477 e. The number of carbonyl (C=O) groups is 1. The van der Waals surface area contributed by atoms with Crippen molar-refractivity contribution in [2.24, 2.45) is 0 Å². The molecule has 0 amide bonds. The van der Waals surface area contributed by atoms with Gasteiger partial charge in [0.05, 0.1) is 17.4 Å². The molecule has 0 unspecified atom stereocenters. The van der Waals surface area contributed by atoms with Crippen molar-refractivity contribution >= 4 is 32.8 Å². The summed E-state index contributed by atoms with van der Waals surface area (Å²) in [5.74, 6) is -2.72. The quantitative estimate of drug-likeness (QED) is 0.680. The first-order valence-electron chi connectivity index (χ1n) is 7.86. The van der Waals surface area contributed by atoms with Gasteiger partial charge in [-0.2, -0.15) is 0 Å². The lowest BCUT2D eigenvalue weighted by Crippen LogP contribution is -2.25. The number of carboxylic acids is 1. The molecule has 3 aromatic rings. The van der Waals surface area contributed by atoms with E-state index >= 15 is 0 Å². The van der Waals surface area contributed by atoms with Crippen LogP contribution < -0.4 is 5.43 Å². The predicted octanol–water partition coefficient (Wildman–Crippen LogP) is 4.35. The van der Waals surface area contributed by atoms with E-state index in [1.165, 1.54) is 22.8 Å². The molecule has 7 heteroatoms. The van der Waals surface area contributed by atoms with Crippen molar-refractivity contribution in [1.82, 2.24) is 4.57 Å². The maximum atomic E-state index is 14.3. The summed E-state index contributed by atoms with van der Waals surface area (Å²) in [6.45, 7) is 1.67. The zero-order chi connectivity index (χ0) is 19.0. The molecule has 0 aliphatic rings. The van der Waals surface area contributed by atoms with E-state index in [9.17, 15) is 23.5 Å². The summed E-state index contributed by atoms with van der Waals surface area (Å²) in [6.07, 6.45) is 0.224. The number of rotatable bonds is 4. The van der Waals surface area contributed by atoms with E-state index in [-0.39, 0.29) is 29.6 Å². The molecule has 4 nitrogen and oxygen atoms in total. The van der Waals surface area contributed by atoms with Crippen molar-refractivity contribution in [3.8, 4) is 0 Å². The van der Waals surface area contributed by atoms with Gasteiger partial charge in [-0.3, -0.25) is 4.79 Å². The van der Waals surface area contributed by atoms with Crippen LogP contribution >= 0.6 is 15.9 Å². The average molecular weight is 422 g/mol. The highest BCUT2D eigenvalue weighted by Crippen LogP contribution is 2.23. The lowest BCUT2D eigenvalue weighted by Gasteiger charge is -2.19. The number of fused-ring (bicyclic) bond motifs is 1. The fourth-order valence-electron chi connectivity index (χ4n) is 3.09. The molecule has 0 aliphatic carbocycles. The Morgan fingerprint density at radius 1 is 1.19 bits per heavy atom. The Morgan fingerprint density at radius 2 is 1.92 bits per heavy atom. The van der Waals surface area contributed by atoms with Gasteiger partial charge >= 0.3 is 5.97 Å². The number of hydrogen-bond donors (Lipinski definition) is 1. The summed E-state index contributed by atoms with van der Waals surface area (Å²) < 4.78 is 30.6. The van der Waals surface area contributed by atoms with Gasteiger partial charge in [0.1, 0.15) is 17.2 Å². The molecule has 2 aromatic carbocycles. The molecule has 0 spiro atoms. The Labute approximate surface area is 155 Å². The third-order valence-corrected chi connectivity index (χ3v) is 4.74. The summed E-state index contributed by atoms with van der Waals surface area (Å²) in [6, 6.07) is 8.58. The molecule has 26 heavy (non-hydrogen) atoms. The van der Waals surface area contributed by atoms with Crippen molar-refractivity contribution in [2.75, 3.05) is 0 Å². The minimum absolute atomic E-state index is 0.0250. The normalized spacial score (nSPS) is 11.1. The minimum Gasteiger partial charge on any atom is -0.477 e. The van der Waals surface area contributed by atoms with Crippen LogP contribution in [0.3, 0.4) is 0 Å². The lowest BCUT2D eigenvalue weighted by atomic mass is 10.0. The summed E-state index contributed by atoms with van der Waals surface area (Å²) in [7, 11) is 0. The number of nitrogens with zero attached hydrogens (tertiary/aromatic N) is 1. The summed E-state index contributed by atoms with van der Waals surface area (Å²) in [5, 5.41) is 9.19. The molecule has 0 saturated heterocycles. The van der Waals surface area contributed by atoms with E-state index in [1.807, 2.05) is 0 Å². The fraction of sp³-hybridized carbons (Fsp3) is 0.158. The van der Waals surface area contributed by atoms with Crippen molar-refractivity contribution in [3.05, 3.63) is 79.5 Å². The van der Waals surface area contributed by atoms with E-state index in [0.717, 1.165) is 6.07 Å². The highest BCUT2D eigenvalue weighted by atomic mass is 79.9. The van der Waals surface area contributed by atoms with Gasteiger partial charge in [0.15, 0.2) is 0 Å². The van der Waals surface area contributed by atoms with Crippen molar-refractivity contribution in [1.29, 1.82) is 0 Å². The van der Waals surface area contributed by atoms with Gasteiger partial charge in [-0.05, 0) is 30.7 Å². The van der Waals surface area contributed by atoms with E-state index in [1.54, 1.807) is 19.1 Å². The van der Waals surface area contributed by atoms with Gasteiger partial charge in [0.2, 0.25) is 5.43 Å². The summed E-state index contributed by atoms with van der Waals surface area (Å²) in [5.41, 5.74) is -0.590. The van der Waals surface area contributed by atoms with Gasteiger partial charge in [-0.1, -0.05) is 35.0 Å². The number of benzene rings is 2. The molecule has 1 heterocycles. The van der Waals surface area contributed by atoms with Crippen LogP contribution in [-0.4, -0.2) is 15.6 Å². The van der Waals surface area contributed by atoms with Crippen LogP contribution in [0.25, 0.3) is 10.9 Å². The molecule has 0 aliphatic heterocycles. The molecular weight excluding hydrogens is 408 g/mol. The van der Waals surface area contributed by atoms with Gasteiger partial charge in [-0.25, -0.2) is 13.6 Å². The molecular formula is C19H14BrF2NO3. The highest BCUT2D eigenvalue weighted by Gasteiger charge is 2.23. The van der Waals surface area contributed by atoms with Crippen LogP contribution in [0.15, 0.2) is 45.7 Å². The maximum absolute atomic E-state index is 14.3. The average Bonchev–Trinajstić information content (AvgIpc) is 2.58. The van der Waals surface area contributed by atoms with Crippen molar-refractivity contribution in [3.63, 3.8) is 0 Å². The molecule has 0 bridgehead atoms. The summed E-state index contributed by atoms with van der Waals surface area (Å²) in [4.78, 5) is 24.2. The fourth-order valence-corrected chi connectivity index (χ4v) is 3.42. The molecule has 1 aromatic heterocycles. The number of hydrogen-bond acceptors (Lipinski definition) is 2. The standard InChI is InChI=1S/C19H14BrF2NO3/c1-2-14-17(19(25)26)18(24)16-12(21)4-3-5-15(16)23(14)9-10-6-7-11(20)8-13(10)22/h3-8H,2,9H2,1H3,(H,25,26). The second kappa shape index (κ2) is 6.99. The lowest BCUT2D eigenvalue weighted by molar-refractivity contribution is 0.0693. The van der Waals surface area contributed by atoms with E-state index in [4.69, 9.17) is 0 Å². The third-order valence-electron chi connectivity index (χ3n) is 4.24. The van der Waals surface area contributed by atoms with Crippen LogP contribution in [-0.2, 0) is 13.0 Å². The molecule has 3 rings (SSSR count). The Kier molecular flexibility index (Phi) is 4.91. The number of aromatic carboxylic acids is 1. The minimum atomic E-state index is -1.43. The van der Waals surface area contributed by atoms with Gasteiger partial charge in [-0.15, -0.1) is 0 Å². The highest BCUT2D eigenvalue weighted by molar-refractivity contribution is 9.10. The smallest absolute Gasteiger partial charge is 0.341 e. The number of aromatic nitrogens is 1. The van der Waals surface area contributed by atoms with Crippen molar-refractivity contribution < 1.29 is 18.7 Å². The second-order valence-electron chi connectivity index (χ2n) is 5.77. The van der Waals surface area contributed by atoms with Crippen LogP contribution in [0.4, 0.5) is 8.78 Å². The van der Waals surface area contributed by atoms with Crippen LogP contribution in [0.1, 0.15) is 28.5 Å². The first-order chi connectivity index (χ1) is 12.3. The van der Waals surface area contributed by atoms with Crippen LogP contribution in [0.2, 0.25) is 0 Å². The number of halogens is 3. The Morgan fingerprint density at radius 3 is 2.54 bits per heavy atom. The molecule has 0 fully saturated rings. The monoisotopic (exact) mass is 421 g/mol. The van der Waals surface area contributed by atoms with Gasteiger partial charge in [0.25, 0.3) is 0 Å². The third kappa shape index (κ3) is 3.03. The van der Waals surface area contributed by atoms with Gasteiger partial charge < -0.3 is 9.67 Å². The van der Waals surface area contributed by atoms with E-state index in [2.05, 4.69) is 15.9 Å². The zero-order valence-corrected chi connectivity index (χ0v) is 15.3. The predicted molar refractivity (Wildman–Crippen MR) is 97.7 cm³/mol. The zero-order valence-electron chi connectivity index (χ0n) is 13.7. The first kappa shape index (κ1) is 18.3. The first-order valence-corrected chi connectivity index (χ1v) is 8.65. The second-order valence-corrected chi connectivity index (χ2v) is 6.68. The molecule has 134 valence electrons. The van der Waals surface area contributed by atoms with Crippen LogP contribution in [0.5, 0.6) is 0 Å². The maximum Gasteiger partial charge on any atom is 0.341 e. The summed E-state index contributed by atoms with van der Waals surface area (Å²) >= 11 is 3.18. The molecule has 1 N–H and O–H groups in total. The Bertz CT molecular complexity index is 1090.